The summed E-state index contributed by atoms with van der Waals surface area (Å²) in [6.45, 7) is 2.62. The molecule has 1 unspecified atom stereocenters. The zero-order valence-electron chi connectivity index (χ0n) is 13.0. The number of carbonyl (C=O) groups excluding carboxylic acids is 2. The molecule has 2 amide bonds. The van der Waals surface area contributed by atoms with Crippen LogP contribution in [-0.2, 0) is 16.0 Å². The Bertz CT molecular complexity index is 567. The number of nitrogens with zero attached hydrogens (tertiary/aromatic N) is 2. The Morgan fingerprint density at radius 3 is 2.91 bits per heavy atom. The van der Waals surface area contributed by atoms with Crippen LogP contribution in [0.2, 0.25) is 0 Å². The molecular weight excluding hydrogens is 278 g/mol. The Morgan fingerprint density at radius 2 is 2.18 bits per heavy atom. The molecule has 5 nitrogen and oxygen atoms in total. The molecule has 0 aromatic carbocycles. The number of anilines is 1. The topological polar surface area (TPSA) is 62.3 Å². The molecule has 1 aliphatic heterocycles. The number of aromatic nitrogens is 1. The van der Waals surface area contributed by atoms with Crippen LogP contribution in [0.5, 0.6) is 0 Å². The summed E-state index contributed by atoms with van der Waals surface area (Å²) in [4.78, 5) is 30.7. The smallest absolute Gasteiger partial charge is 0.230 e. The second-order valence-electron chi connectivity index (χ2n) is 6.28. The molecule has 5 heteroatoms. The van der Waals surface area contributed by atoms with Gasteiger partial charge >= 0.3 is 0 Å². The summed E-state index contributed by atoms with van der Waals surface area (Å²) in [6, 6.07) is 4.19. The van der Waals surface area contributed by atoms with Gasteiger partial charge in [-0.1, -0.05) is 19.8 Å². The number of pyridine rings is 1. The number of hydrogen-bond acceptors (Lipinski definition) is 3. The van der Waals surface area contributed by atoms with Crippen LogP contribution in [0.25, 0.3) is 0 Å². The largest absolute Gasteiger partial charge is 0.339 e. The van der Waals surface area contributed by atoms with Gasteiger partial charge in [0, 0.05) is 25.2 Å². The molecule has 2 fully saturated rings. The Labute approximate surface area is 131 Å². The third-order valence-electron chi connectivity index (χ3n) is 4.78. The number of aryl methyl sites for hydroxylation is 1. The van der Waals surface area contributed by atoms with Gasteiger partial charge in [0.05, 0.1) is 5.92 Å². The lowest BCUT2D eigenvalue weighted by molar-refractivity contribution is -0.129. The minimum atomic E-state index is -0.250. The van der Waals surface area contributed by atoms with Crippen molar-refractivity contribution in [3.63, 3.8) is 0 Å². The number of amides is 2. The molecule has 2 aliphatic rings. The number of likely N-dealkylation sites (tertiary alicyclic amines) is 1. The molecule has 118 valence electrons. The van der Waals surface area contributed by atoms with E-state index < -0.39 is 0 Å². The lowest BCUT2D eigenvalue weighted by Crippen LogP contribution is -2.35. The predicted octanol–water partition coefficient (Wildman–Crippen LogP) is 2.37. The van der Waals surface area contributed by atoms with Gasteiger partial charge in [0.15, 0.2) is 0 Å². The second-order valence-corrected chi connectivity index (χ2v) is 6.28. The van der Waals surface area contributed by atoms with Gasteiger partial charge < -0.3 is 10.2 Å². The zero-order chi connectivity index (χ0) is 15.5. The summed E-state index contributed by atoms with van der Waals surface area (Å²) in [7, 11) is 0. The van der Waals surface area contributed by atoms with E-state index in [9.17, 15) is 9.59 Å². The fourth-order valence-electron chi connectivity index (χ4n) is 3.47. The maximum Gasteiger partial charge on any atom is 0.230 e. The summed E-state index contributed by atoms with van der Waals surface area (Å²) >= 11 is 0. The highest BCUT2D eigenvalue weighted by molar-refractivity contribution is 5.96. The number of carbonyl (C=O) groups is 2. The van der Waals surface area contributed by atoms with E-state index in [0.29, 0.717) is 24.8 Å². The van der Waals surface area contributed by atoms with Crippen molar-refractivity contribution >= 4 is 17.6 Å². The highest BCUT2D eigenvalue weighted by Gasteiger charge is 2.38. The normalized spacial score (nSPS) is 22.3. The fraction of sp³-hybridized carbons (Fsp3) is 0.588. The molecule has 1 N–H and O–H groups in total. The van der Waals surface area contributed by atoms with Crippen molar-refractivity contribution in [2.45, 2.75) is 51.5 Å². The minimum Gasteiger partial charge on any atom is -0.339 e. The summed E-state index contributed by atoms with van der Waals surface area (Å²) in [5, 5.41) is 2.86. The van der Waals surface area contributed by atoms with Crippen LogP contribution in [0.4, 0.5) is 5.82 Å². The molecule has 1 saturated carbocycles. The van der Waals surface area contributed by atoms with Crippen molar-refractivity contribution in [1.82, 2.24) is 9.88 Å². The summed E-state index contributed by atoms with van der Waals surface area (Å²) in [5.41, 5.74) is 1.14. The molecule has 1 saturated heterocycles. The van der Waals surface area contributed by atoms with E-state index in [0.717, 1.165) is 24.8 Å². The van der Waals surface area contributed by atoms with Gasteiger partial charge in [0.25, 0.3) is 0 Å². The molecule has 1 aromatic heterocycles. The molecule has 3 rings (SSSR count). The monoisotopic (exact) mass is 301 g/mol. The molecule has 1 atom stereocenters. The first-order valence-electron chi connectivity index (χ1n) is 8.22. The summed E-state index contributed by atoms with van der Waals surface area (Å²) in [6.07, 6.45) is 7.50. The standard InChI is InChI=1S/C17H23N3O2/c1-2-12-7-8-18-15(9-12)19-17(22)13-10-16(21)20(11-13)14-5-3-4-6-14/h7-9,13-14H,2-6,10-11H2,1H3,(H,18,19,22). The fourth-order valence-corrected chi connectivity index (χ4v) is 3.47. The Morgan fingerprint density at radius 1 is 1.41 bits per heavy atom. The molecule has 1 aromatic rings. The van der Waals surface area contributed by atoms with Gasteiger partial charge in [0.1, 0.15) is 5.82 Å². The SMILES string of the molecule is CCc1ccnc(NC(=O)C2CC(=O)N(C3CCCC3)C2)c1. The lowest BCUT2D eigenvalue weighted by Gasteiger charge is -2.23. The van der Waals surface area contributed by atoms with Crippen LogP contribution >= 0.6 is 0 Å². The first-order chi connectivity index (χ1) is 10.7. The van der Waals surface area contributed by atoms with Crippen LogP contribution in [0, 0.1) is 5.92 Å². The van der Waals surface area contributed by atoms with Gasteiger partial charge in [-0.2, -0.15) is 0 Å². The van der Waals surface area contributed by atoms with Gasteiger partial charge in [-0.15, -0.1) is 0 Å². The van der Waals surface area contributed by atoms with Crippen molar-refractivity contribution in [2.75, 3.05) is 11.9 Å². The highest BCUT2D eigenvalue weighted by atomic mass is 16.2. The molecule has 22 heavy (non-hydrogen) atoms. The molecule has 1 aliphatic carbocycles. The van der Waals surface area contributed by atoms with E-state index >= 15 is 0 Å². The Kier molecular flexibility index (Phi) is 4.41. The zero-order valence-corrected chi connectivity index (χ0v) is 13.0. The van der Waals surface area contributed by atoms with E-state index in [2.05, 4.69) is 17.2 Å². The van der Waals surface area contributed by atoms with Crippen molar-refractivity contribution in [2.24, 2.45) is 5.92 Å². The molecule has 0 radical (unpaired) electrons. The van der Waals surface area contributed by atoms with E-state index in [1.165, 1.54) is 12.8 Å². The first kappa shape index (κ1) is 15.0. The van der Waals surface area contributed by atoms with Crippen molar-refractivity contribution in [3.8, 4) is 0 Å². The average molecular weight is 301 g/mol. The first-order valence-corrected chi connectivity index (χ1v) is 8.22. The maximum absolute atomic E-state index is 12.4. The molecule has 0 spiro atoms. The van der Waals surface area contributed by atoms with Crippen LogP contribution in [0.15, 0.2) is 18.3 Å². The van der Waals surface area contributed by atoms with Gasteiger partial charge in [-0.3, -0.25) is 9.59 Å². The number of rotatable bonds is 4. The third kappa shape index (κ3) is 3.13. The molecule has 2 heterocycles. The quantitative estimate of drug-likeness (QED) is 0.928. The third-order valence-corrected chi connectivity index (χ3v) is 4.78. The number of nitrogens with one attached hydrogen (secondary N) is 1. The van der Waals surface area contributed by atoms with E-state index in [1.807, 2.05) is 17.0 Å². The molecular formula is C17H23N3O2. The summed E-state index contributed by atoms with van der Waals surface area (Å²) in [5.74, 6) is 0.369. The van der Waals surface area contributed by atoms with E-state index in [-0.39, 0.29) is 17.7 Å². The molecule has 0 bridgehead atoms. The van der Waals surface area contributed by atoms with Crippen molar-refractivity contribution in [3.05, 3.63) is 23.9 Å². The number of hydrogen-bond donors (Lipinski definition) is 1. The minimum absolute atomic E-state index is 0.0883. The van der Waals surface area contributed by atoms with Crippen LogP contribution in [0.1, 0.15) is 44.6 Å². The second kappa shape index (κ2) is 6.46. The van der Waals surface area contributed by atoms with Gasteiger partial charge in [0.2, 0.25) is 11.8 Å². The van der Waals surface area contributed by atoms with Crippen molar-refractivity contribution in [1.29, 1.82) is 0 Å². The Balaban J connectivity index is 1.62. The lowest BCUT2D eigenvalue weighted by atomic mass is 10.1. The maximum atomic E-state index is 12.4. The van der Waals surface area contributed by atoms with Crippen LogP contribution < -0.4 is 5.32 Å². The van der Waals surface area contributed by atoms with E-state index in [4.69, 9.17) is 0 Å². The summed E-state index contributed by atoms with van der Waals surface area (Å²) < 4.78 is 0. The van der Waals surface area contributed by atoms with E-state index in [1.54, 1.807) is 6.20 Å². The van der Waals surface area contributed by atoms with Crippen LogP contribution in [-0.4, -0.2) is 34.3 Å². The van der Waals surface area contributed by atoms with Crippen LogP contribution in [0.3, 0.4) is 0 Å². The Hall–Kier alpha value is -1.91. The average Bonchev–Trinajstić information content (AvgIpc) is 3.16. The van der Waals surface area contributed by atoms with Crippen molar-refractivity contribution < 1.29 is 9.59 Å². The highest BCUT2D eigenvalue weighted by Crippen LogP contribution is 2.29. The van der Waals surface area contributed by atoms with Gasteiger partial charge in [-0.25, -0.2) is 4.98 Å². The van der Waals surface area contributed by atoms with Gasteiger partial charge in [-0.05, 0) is 37.0 Å². The predicted molar refractivity (Wildman–Crippen MR) is 84.3 cm³/mol.